The molecule has 2 aromatic rings. The number of anilines is 1. The standard InChI is InChI=1S/C11H15N5O/c1-8-15-10(7-11(17)16-8)12-4-2-3-9-13-5-6-14-9/h5-7H,2-4H2,1H3,(H,13,14)(H2,12,15,16,17). The quantitative estimate of drug-likeness (QED) is 0.668. The highest BCUT2D eigenvalue weighted by Gasteiger charge is 1.98. The number of aromatic nitrogens is 4. The van der Waals surface area contributed by atoms with E-state index in [9.17, 15) is 4.79 Å². The first-order valence-electron chi connectivity index (χ1n) is 5.54. The third-order valence-corrected chi connectivity index (χ3v) is 2.31. The van der Waals surface area contributed by atoms with Gasteiger partial charge in [-0.15, -0.1) is 0 Å². The molecule has 0 aromatic carbocycles. The van der Waals surface area contributed by atoms with Crippen LogP contribution in [0.1, 0.15) is 18.1 Å². The molecule has 0 spiro atoms. The van der Waals surface area contributed by atoms with Crippen LogP contribution in [0.25, 0.3) is 0 Å². The zero-order chi connectivity index (χ0) is 12.1. The molecule has 0 atom stereocenters. The van der Waals surface area contributed by atoms with Gasteiger partial charge in [0.15, 0.2) is 0 Å². The second-order valence-electron chi connectivity index (χ2n) is 3.78. The summed E-state index contributed by atoms with van der Waals surface area (Å²) in [6.45, 7) is 2.52. The van der Waals surface area contributed by atoms with E-state index in [1.54, 1.807) is 13.1 Å². The second kappa shape index (κ2) is 5.29. The summed E-state index contributed by atoms with van der Waals surface area (Å²) in [5, 5.41) is 3.12. The SMILES string of the molecule is Cc1nc(NCCCc2ncc[nH]2)cc(=O)[nH]1. The molecule has 6 nitrogen and oxygen atoms in total. The maximum atomic E-state index is 11.2. The lowest BCUT2D eigenvalue weighted by atomic mass is 10.3. The first-order chi connectivity index (χ1) is 8.24. The Bertz CT molecular complexity index is 517. The van der Waals surface area contributed by atoms with E-state index in [4.69, 9.17) is 0 Å². The minimum Gasteiger partial charge on any atom is -0.370 e. The number of nitrogens with zero attached hydrogens (tertiary/aromatic N) is 2. The van der Waals surface area contributed by atoms with E-state index >= 15 is 0 Å². The Morgan fingerprint density at radius 3 is 3.06 bits per heavy atom. The molecular formula is C11H15N5O. The van der Waals surface area contributed by atoms with Crippen LogP contribution in [0.5, 0.6) is 0 Å². The summed E-state index contributed by atoms with van der Waals surface area (Å²) in [6.07, 6.45) is 5.36. The van der Waals surface area contributed by atoms with Crippen LogP contribution in [0, 0.1) is 6.92 Å². The Kier molecular flexibility index (Phi) is 3.54. The van der Waals surface area contributed by atoms with Gasteiger partial charge in [0.05, 0.1) is 0 Å². The number of nitrogens with one attached hydrogen (secondary N) is 3. The highest BCUT2D eigenvalue weighted by atomic mass is 16.1. The van der Waals surface area contributed by atoms with Gasteiger partial charge in [-0.1, -0.05) is 0 Å². The van der Waals surface area contributed by atoms with E-state index in [1.807, 2.05) is 6.20 Å². The maximum Gasteiger partial charge on any atom is 0.252 e. The van der Waals surface area contributed by atoms with Crippen LogP contribution in [0.15, 0.2) is 23.3 Å². The fourth-order valence-corrected chi connectivity index (χ4v) is 1.58. The van der Waals surface area contributed by atoms with Crippen molar-refractivity contribution in [1.29, 1.82) is 0 Å². The maximum absolute atomic E-state index is 11.2. The van der Waals surface area contributed by atoms with Crippen molar-refractivity contribution in [1.82, 2.24) is 19.9 Å². The highest BCUT2D eigenvalue weighted by molar-refractivity contribution is 5.32. The fraction of sp³-hybridized carbons (Fsp3) is 0.364. The van der Waals surface area contributed by atoms with Crippen LogP contribution in [0.3, 0.4) is 0 Å². The monoisotopic (exact) mass is 233 g/mol. The van der Waals surface area contributed by atoms with Crippen molar-refractivity contribution in [2.75, 3.05) is 11.9 Å². The Balaban J connectivity index is 1.80. The highest BCUT2D eigenvalue weighted by Crippen LogP contribution is 2.00. The molecular weight excluding hydrogens is 218 g/mol. The van der Waals surface area contributed by atoms with Gasteiger partial charge in [0.25, 0.3) is 5.56 Å². The van der Waals surface area contributed by atoms with Crippen LogP contribution in [-0.2, 0) is 6.42 Å². The molecule has 0 amide bonds. The number of H-pyrrole nitrogens is 2. The minimum atomic E-state index is -0.133. The lowest BCUT2D eigenvalue weighted by Crippen LogP contribution is -2.13. The smallest absolute Gasteiger partial charge is 0.252 e. The summed E-state index contributed by atoms with van der Waals surface area (Å²) < 4.78 is 0. The van der Waals surface area contributed by atoms with Gasteiger partial charge in [0, 0.05) is 31.4 Å². The molecule has 3 N–H and O–H groups in total. The van der Waals surface area contributed by atoms with Gasteiger partial charge in [-0.2, -0.15) is 0 Å². The average Bonchev–Trinajstić information content (AvgIpc) is 2.76. The van der Waals surface area contributed by atoms with Gasteiger partial charge >= 0.3 is 0 Å². The van der Waals surface area contributed by atoms with Gasteiger partial charge < -0.3 is 15.3 Å². The van der Waals surface area contributed by atoms with Crippen molar-refractivity contribution in [3.63, 3.8) is 0 Å². The first-order valence-corrected chi connectivity index (χ1v) is 5.54. The largest absolute Gasteiger partial charge is 0.370 e. The predicted octanol–water partition coefficient (Wildman–Crippen LogP) is 0.846. The molecule has 0 unspecified atom stereocenters. The van der Waals surface area contributed by atoms with Crippen molar-refractivity contribution in [2.45, 2.75) is 19.8 Å². The molecule has 2 rings (SSSR count). The van der Waals surface area contributed by atoms with Gasteiger partial charge in [0.1, 0.15) is 17.5 Å². The topological polar surface area (TPSA) is 86.5 Å². The Morgan fingerprint density at radius 1 is 1.47 bits per heavy atom. The minimum absolute atomic E-state index is 0.133. The Labute approximate surface area is 98.5 Å². The molecule has 0 bridgehead atoms. The molecule has 0 saturated heterocycles. The molecule has 2 heterocycles. The third-order valence-electron chi connectivity index (χ3n) is 2.31. The van der Waals surface area contributed by atoms with Crippen molar-refractivity contribution < 1.29 is 0 Å². The number of imidazole rings is 1. The summed E-state index contributed by atoms with van der Waals surface area (Å²) >= 11 is 0. The molecule has 0 aliphatic carbocycles. The summed E-state index contributed by atoms with van der Waals surface area (Å²) in [5.74, 6) is 2.21. The van der Waals surface area contributed by atoms with Crippen molar-refractivity contribution in [3.05, 3.63) is 40.5 Å². The summed E-state index contributed by atoms with van der Waals surface area (Å²) in [7, 11) is 0. The van der Waals surface area contributed by atoms with Crippen molar-refractivity contribution >= 4 is 5.82 Å². The van der Waals surface area contributed by atoms with Crippen LogP contribution < -0.4 is 10.9 Å². The number of rotatable bonds is 5. The average molecular weight is 233 g/mol. The van der Waals surface area contributed by atoms with E-state index in [1.165, 1.54) is 6.07 Å². The van der Waals surface area contributed by atoms with Crippen LogP contribution in [-0.4, -0.2) is 26.5 Å². The molecule has 0 aliphatic heterocycles. The number of aromatic amines is 2. The van der Waals surface area contributed by atoms with Crippen molar-refractivity contribution in [2.24, 2.45) is 0 Å². The summed E-state index contributed by atoms with van der Waals surface area (Å²) in [4.78, 5) is 25.1. The second-order valence-corrected chi connectivity index (χ2v) is 3.78. The van der Waals surface area contributed by atoms with Crippen LogP contribution in [0.2, 0.25) is 0 Å². The van der Waals surface area contributed by atoms with Gasteiger partial charge in [0.2, 0.25) is 0 Å². The van der Waals surface area contributed by atoms with Crippen LogP contribution >= 0.6 is 0 Å². The first kappa shape index (κ1) is 11.4. The lowest BCUT2D eigenvalue weighted by molar-refractivity contribution is 0.812. The number of aryl methyl sites for hydroxylation is 2. The van der Waals surface area contributed by atoms with Gasteiger partial charge in [-0.25, -0.2) is 9.97 Å². The van der Waals surface area contributed by atoms with Crippen LogP contribution in [0.4, 0.5) is 5.82 Å². The molecule has 6 heteroatoms. The summed E-state index contributed by atoms with van der Waals surface area (Å²) in [6, 6.07) is 1.46. The molecule has 0 fully saturated rings. The molecule has 0 saturated carbocycles. The van der Waals surface area contributed by atoms with E-state index in [0.29, 0.717) is 11.6 Å². The number of hydrogen-bond donors (Lipinski definition) is 3. The zero-order valence-electron chi connectivity index (χ0n) is 9.66. The van der Waals surface area contributed by atoms with E-state index in [2.05, 4.69) is 25.3 Å². The Hall–Kier alpha value is -2.11. The normalized spacial score (nSPS) is 10.4. The molecule has 0 radical (unpaired) electrons. The lowest BCUT2D eigenvalue weighted by Gasteiger charge is -2.04. The van der Waals surface area contributed by atoms with Gasteiger partial charge in [-0.3, -0.25) is 4.79 Å². The molecule has 90 valence electrons. The Morgan fingerprint density at radius 2 is 2.35 bits per heavy atom. The van der Waals surface area contributed by atoms with E-state index in [-0.39, 0.29) is 5.56 Å². The summed E-state index contributed by atoms with van der Waals surface area (Å²) in [5.41, 5.74) is -0.133. The molecule has 0 aliphatic rings. The van der Waals surface area contributed by atoms with Crippen molar-refractivity contribution in [3.8, 4) is 0 Å². The third kappa shape index (κ3) is 3.44. The van der Waals surface area contributed by atoms with E-state index in [0.717, 1.165) is 25.2 Å². The fourth-order valence-electron chi connectivity index (χ4n) is 1.58. The number of hydrogen-bond acceptors (Lipinski definition) is 4. The van der Waals surface area contributed by atoms with Gasteiger partial charge in [-0.05, 0) is 13.3 Å². The molecule has 17 heavy (non-hydrogen) atoms. The predicted molar refractivity (Wildman–Crippen MR) is 65.0 cm³/mol. The van der Waals surface area contributed by atoms with E-state index < -0.39 is 0 Å². The zero-order valence-corrected chi connectivity index (χ0v) is 9.66. The molecule has 2 aromatic heterocycles.